The topological polar surface area (TPSA) is 58.3 Å². The van der Waals surface area contributed by atoms with Crippen molar-refractivity contribution in [2.75, 3.05) is 19.4 Å². The maximum Gasteiger partial charge on any atom is 0.0626 e. The number of nitrogens with two attached hydrogens (primary N) is 1. The Hall–Kier alpha value is -0.580. The molecule has 0 unspecified atom stereocenters. The number of likely N-dealkylation sites (N-methyl/N-ethyl adjacent to an activating group) is 1. The van der Waals surface area contributed by atoms with Gasteiger partial charge in [0.25, 0.3) is 0 Å². The molecule has 0 heterocycles. The smallest absolute Gasteiger partial charge is 0.0626 e. The van der Waals surface area contributed by atoms with Crippen LogP contribution in [0.1, 0.15) is 11.6 Å². The number of hydrogen-bond donors (Lipinski definition) is 3. The molecular weight excluding hydrogens is 232 g/mol. The van der Waals surface area contributed by atoms with Crippen LogP contribution in [-0.4, -0.2) is 18.8 Å². The Bertz CT molecular complexity index is 287. The summed E-state index contributed by atoms with van der Waals surface area (Å²) in [6.45, 7) is 0.0670. The lowest BCUT2D eigenvalue weighted by molar-refractivity contribution is 0.251. The van der Waals surface area contributed by atoms with Crippen molar-refractivity contribution >= 4 is 21.6 Å². The van der Waals surface area contributed by atoms with E-state index in [0.717, 1.165) is 10.0 Å². The van der Waals surface area contributed by atoms with Crippen LogP contribution < -0.4 is 11.1 Å². The Labute approximate surface area is 86.1 Å². The van der Waals surface area contributed by atoms with Gasteiger partial charge in [0.15, 0.2) is 0 Å². The summed E-state index contributed by atoms with van der Waals surface area (Å²) in [5.74, 6) is 0. The van der Waals surface area contributed by atoms with E-state index in [0.29, 0.717) is 5.69 Å². The van der Waals surface area contributed by atoms with Crippen molar-refractivity contribution in [3.63, 3.8) is 0 Å². The molecule has 13 heavy (non-hydrogen) atoms. The number of hydrogen-bond acceptors (Lipinski definition) is 3. The third-order valence-electron chi connectivity index (χ3n) is 1.95. The molecule has 0 bridgehead atoms. The van der Waals surface area contributed by atoms with E-state index in [4.69, 9.17) is 10.8 Å². The Morgan fingerprint density at radius 3 is 2.77 bits per heavy atom. The van der Waals surface area contributed by atoms with Crippen molar-refractivity contribution in [1.29, 1.82) is 0 Å². The number of nitrogens with one attached hydrogen (secondary N) is 1. The molecule has 3 nitrogen and oxygen atoms in total. The Morgan fingerprint density at radius 1 is 1.62 bits per heavy atom. The predicted molar refractivity (Wildman–Crippen MR) is 57.4 cm³/mol. The van der Waals surface area contributed by atoms with Crippen LogP contribution in [0.2, 0.25) is 0 Å². The van der Waals surface area contributed by atoms with Gasteiger partial charge in [-0.05, 0) is 40.7 Å². The zero-order valence-electron chi connectivity index (χ0n) is 7.42. The monoisotopic (exact) mass is 244 g/mol. The first-order chi connectivity index (χ1) is 6.19. The maximum atomic E-state index is 9.02. The summed E-state index contributed by atoms with van der Waals surface area (Å²) in [6.07, 6.45) is 0. The molecule has 1 aromatic rings. The molecule has 0 saturated carbocycles. The average molecular weight is 245 g/mol. The zero-order chi connectivity index (χ0) is 9.84. The zero-order valence-corrected chi connectivity index (χ0v) is 9.01. The maximum absolute atomic E-state index is 9.02. The summed E-state index contributed by atoms with van der Waals surface area (Å²) in [5.41, 5.74) is 7.39. The number of aliphatic hydroxyl groups is 1. The van der Waals surface area contributed by atoms with Gasteiger partial charge in [0.05, 0.1) is 12.6 Å². The van der Waals surface area contributed by atoms with E-state index in [2.05, 4.69) is 21.2 Å². The fourth-order valence-corrected chi connectivity index (χ4v) is 1.39. The first-order valence-electron chi connectivity index (χ1n) is 4.02. The summed E-state index contributed by atoms with van der Waals surface area (Å²) in [4.78, 5) is 0. The normalized spacial score (nSPS) is 12.8. The second kappa shape index (κ2) is 4.60. The van der Waals surface area contributed by atoms with E-state index in [1.54, 1.807) is 7.05 Å². The molecule has 0 aromatic heterocycles. The van der Waals surface area contributed by atoms with Crippen LogP contribution in [0.3, 0.4) is 0 Å². The van der Waals surface area contributed by atoms with Gasteiger partial charge in [0, 0.05) is 10.2 Å². The highest BCUT2D eigenvalue weighted by molar-refractivity contribution is 9.10. The summed E-state index contributed by atoms with van der Waals surface area (Å²) >= 11 is 3.31. The molecule has 1 atom stereocenters. The molecule has 0 amide bonds. The fourth-order valence-electron chi connectivity index (χ4n) is 1.14. The van der Waals surface area contributed by atoms with Gasteiger partial charge in [0.2, 0.25) is 0 Å². The van der Waals surface area contributed by atoms with E-state index >= 15 is 0 Å². The van der Waals surface area contributed by atoms with Gasteiger partial charge in [0.1, 0.15) is 0 Å². The van der Waals surface area contributed by atoms with Gasteiger partial charge in [-0.1, -0.05) is 6.07 Å². The van der Waals surface area contributed by atoms with Crippen molar-refractivity contribution < 1.29 is 5.11 Å². The molecule has 0 aliphatic heterocycles. The molecule has 0 aliphatic rings. The average Bonchev–Trinajstić information content (AvgIpc) is 2.13. The Balaban J connectivity index is 2.95. The second-order valence-corrected chi connectivity index (χ2v) is 3.66. The van der Waals surface area contributed by atoms with E-state index in [1.807, 2.05) is 18.2 Å². The van der Waals surface area contributed by atoms with Gasteiger partial charge in [-0.15, -0.1) is 0 Å². The van der Waals surface area contributed by atoms with Crippen LogP contribution in [0, 0.1) is 0 Å². The molecule has 0 aliphatic carbocycles. The van der Waals surface area contributed by atoms with E-state index in [-0.39, 0.29) is 12.6 Å². The molecule has 4 heteroatoms. The second-order valence-electron chi connectivity index (χ2n) is 2.80. The van der Waals surface area contributed by atoms with Crippen molar-refractivity contribution in [3.8, 4) is 0 Å². The molecule has 72 valence electrons. The number of benzene rings is 1. The third kappa shape index (κ3) is 2.43. The third-order valence-corrected chi connectivity index (χ3v) is 2.68. The van der Waals surface area contributed by atoms with Crippen molar-refractivity contribution in [2.45, 2.75) is 6.04 Å². The van der Waals surface area contributed by atoms with E-state index in [1.165, 1.54) is 0 Å². The van der Waals surface area contributed by atoms with Gasteiger partial charge in [-0.2, -0.15) is 0 Å². The fraction of sp³-hybridized carbons (Fsp3) is 0.333. The minimum absolute atomic E-state index is 0.0459. The number of aliphatic hydroxyl groups excluding tert-OH is 1. The van der Waals surface area contributed by atoms with Gasteiger partial charge >= 0.3 is 0 Å². The summed E-state index contributed by atoms with van der Waals surface area (Å²) in [6, 6.07) is 5.61. The predicted octanol–water partition coefficient (Wildman–Crippen LogP) is 1.28. The summed E-state index contributed by atoms with van der Waals surface area (Å²) in [5, 5.41) is 12.0. The molecular formula is C9H13BrN2O. The molecule has 0 radical (unpaired) electrons. The summed E-state index contributed by atoms with van der Waals surface area (Å²) in [7, 11) is 1.80. The minimum atomic E-state index is -0.0459. The van der Waals surface area contributed by atoms with Gasteiger partial charge in [-0.3, -0.25) is 0 Å². The SMILES string of the molecule is CN[C@H](CO)c1ccc(Br)c(N)c1. The van der Waals surface area contributed by atoms with Gasteiger partial charge in [-0.25, -0.2) is 0 Å². The first-order valence-corrected chi connectivity index (χ1v) is 4.81. The number of nitrogen functional groups attached to an aromatic ring is 1. The minimum Gasteiger partial charge on any atom is -0.398 e. The van der Waals surface area contributed by atoms with Crippen molar-refractivity contribution in [1.82, 2.24) is 5.32 Å². The van der Waals surface area contributed by atoms with E-state index < -0.39 is 0 Å². The van der Waals surface area contributed by atoms with Crippen LogP contribution in [0.5, 0.6) is 0 Å². The first kappa shape index (κ1) is 10.5. The number of halogens is 1. The molecule has 1 aromatic carbocycles. The summed E-state index contributed by atoms with van der Waals surface area (Å²) < 4.78 is 0.879. The highest BCUT2D eigenvalue weighted by Crippen LogP contribution is 2.23. The lowest BCUT2D eigenvalue weighted by Gasteiger charge is -2.14. The molecule has 0 saturated heterocycles. The van der Waals surface area contributed by atoms with Crippen molar-refractivity contribution in [3.05, 3.63) is 28.2 Å². The molecule has 1 rings (SSSR count). The largest absolute Gasteiger partial charge is 0.398 e. The van der Waals surface area contributed by atoms with E-state index in [9.17, 15) is 0 Å². The molecule has 0 spiro atoms. The Kier molecular flexibility index (Phi) is 3.71. The molecule has 4 N–H and O–H groups in total. The lowest BCUT2D eigenvalue weighted by atomic mass is 10.1. The van der Waals surface area contributed by atoms with Crippen LogP contribution in [0.15, 0.2) is 22.7 Å². The number of rotatable bonds is 3. The number of anilines is 1. The van der Waals surface area contributed by atoms with Crippen LogP contribution >= 0.6 is 15.9 Å². The quantitative estimate of drug-likeness (QED) is 0.703. The van der Waals surface area contributed by atoms with Crippen molar-refractivity contribution in [2.24, 2.45) is 0 Å². The highest BCUT2D eigenvalue weighted by Gasteiger charge is 2.08. The van der Waals surface area contributed by atoms with Crippen LogP contribution in [0.25, 0.3) is 0 Å². The highest BCUT2D eigenvalue weighted by atomic mass is 79.9. The van der Waals surface area contributed by atoms with Crippen LogP contribution in [-0.2, 0) is 0 Å². The standard InChI is InChI=1S/C9H13BrN2O/c1-12-9(5-13)6-2-3-7(10)8(11)4-6/h2-4,9,12-13H,5,11H2,1H3/t9-/m1/s1. The Morgan fingerprint density at radius 2 is 2.31 bits per heavy atom. The molecule has 0 fully saturated rings. The van der Waals surface area contributed by atoms with Crippen LogP contribution in [0.4, 0.5) is 5.69 Å². The van der Waals surface area contributed by atoms with Gasteiger partial charge < -0.3 is 16.2 Å². The lowest BCUT2D eigenvalue weighted by Crippen LogP contribution is -2.19.